The molecule has 0 radical (unpaired) electrons. The van der Waals surface area contributed by atoms with Crippen molar-refractivity contribution in [3.8, 4) is 0 Å². The van der Waals surface area contributed by atoms with Gasteiger partial charge in [0.25, 0.3) is 15.8 Å². The minimum absolute atomic E-state index is 0.00283. The second-order valence-corrected chi connectivity index (χ2v) is 6.69. The molecule has 0 saturated carbocycles. The van der Waals surface area contributed by atoms with Gasteiger partial charge in [0.1, 0.15) is 0 Å². The van der Waals surface area contributed by atoms with Gasteiger partial charge in [0.15, 0.2) is 0 Å². The Labute approximate surface area is 147 Å². The van der Waals surface area contributed by atoms with Crippen molar-refractivity contribution in [3.05, 3.63) is 69.8 Å². The van der Waals surface area contributed by atoms with E-state index in [1.54, 1.807) is 31.2 Å². The number of rotatable bonds is 6. The summed E-state index contributed by atoms with van der Waals surface area (Å²) in [5.74, 6) is 0. The molecular formula is C17H21NO6S. The van der Waals surface area contributed by atoms with Crippen LogP contribution < -0.4 is 0 Å². The van der Waals surface area contributed by atoms with Crippen LogP contribution in [0.2, 0.25) is 0 Å². The van der Waals surface area contributed by atoms with Crippen LogP contribution in [0.1, 0.15) is 18.1 Å². The lowest BCUT2D eigenvalue weighted by atomic mass is 10.1. The third-order valence-corrected chi connectivity index (χ3v) is 4.41. The quantitative estimate of drug-likeness (QED) is 0.478. The van der Waals surface area contributed by atoms with Gasteiger partial charge in [-0.2, -0.15) is 8.42 Å². The molecule has 25 heavy (non-hydrogen) atoms. The Bertz CT molecular complexity index is 770. The maximum absolute atomic E-state index is 12.0. The number of aryl methyl sites for hydroxylation is 1. The second kappa shape index (κ2) is 9.87. The van der Waals surface area contributed by atoms with Gasteiger partial charge in [0.2, 0.25) is 0 Å². The Morgan fingerprint density at radius 2 is 1.60 bits per heavy atom. The molecule has 0 atom stereocenters. The van der Waals surface area contributed by atoms with Crippen molar-refractivity contribution in [1.29, 1.82) is 0 Å². The molecule has 0 amide bonds. The Morgan fingerprint density at radius 3 is 2.08 bits per heavy atom. The molecule has 0 unspecified atom stereocenters. The Hall–Kier alpha value is -2.29. The number of hydrogen-bond donors (Lipinski definition) is 1. The monoisotopic (exact) mass is 367 g/mol. The zero-order valence-electron chi connectivity index (χ0n) is 14.1. The summed E-state index contributed by atoms with van der Waals surface area (Å²) in [6, 6.07) is 12.3. The summed E-state index contributed by atoms with van der Waals surface area (Å²) in [5.41, 5.74) is 1.73. The van der Waals surface area contributed by atoms with Crippen molar-refractivity contribution in [1.82, 2.24) is 0 Å². The first-order valence-corrected chi connectivity index (χ1v) is 9.01. The Balaban J connectivity index is 0.000000970. The molecule has 136 valence electrons. The first kappa shape index (κ1) is 20.8. The average Bonchev–Trinajstić information content (AvgIpc) is 2.56. The summed E-state index contributed by atoms with van der Waals surface area (Å²) in [6.07, 6.45) is 0.350. The lowest BCUT2D eigenvalue weighted by Gasteiger charge is -2.06. The summed E-state index contributed by atoms with van der Waals surface area (Å²) in [7, 11) is -3.78. The molecule has 0 spiro atoms. The molecule has 2 rings (SSSR count). The second-order valence-electron chi connectivity index (χ2n) is 5.08. The molecule has 0 fully saturated rings. The van der Waals surface area contributed by atoms with Crippen LogP contribution in [-0.2, 0) is 20.7 Å². The van der Waals surface area contributed by atoms with Crippen molar-refractivity contribution < 1.29 is 22.6 Å². The van der Waals surface area contributed by atoms with Gasteiger partial charge < -0.3 is 5.11 Å². The van der Waals surface area contributed by atoms with Crippen LogP contribution in [0.25, 0.3) is 0 Å². The number of non-ortho nitro benzene ring substituents is 1. The first-order valence-electron chi connectivity index (χ1n) is 7.60. The number of aliphatic hydroxyl groups excluding tert-OH is 1. The highest BCUT2D eigenvalue weighted by atomic mass is 32.2. The van der Waals surface area contributed by atoms with E-state index in [-0.39, 0.29) is 23.8 Å². The zero-order chi connectivity index (χ0) is 18.9. The molecule has 2 aromatic rings. The maximum atomic E-state index is 12.0. The summed E-state index contributed by atoms with van der Waals surface area (Å²) in [4.78, 5) is 10.2. The van der Waals surface area contributed by atoms with Crippen molar-refractivity contribution >= 4 is 15.8 Å². The lowest BCUT2D eigenvalue weighted by molar-refractivity contribution is -0.384. The van der Waals surface area contributed by atoms with E-state index in [0.717, 1.165) is 11.1 Å². The molecule has 0 aliphatic heterocycles. The van der Waals surface area contributed by atoms with Crippen LogP contribution in [0, 0.1) is 17.0 Å². The number of hydrogen-bond acceptors (Lipinski definition) is 6. The number of aliphatic hydroxyl groups is 1. The predicted molar refractivity (Wildman–Crippen MR) is 93.9 cm³/mol. The van der Waals surface area contributed by atoms with Crippen LogP contribution in [0.15, 0.2) is 53.4 Å². The fourth-order valence-corrected chi connectivity index (χ4v) is 2.73. The summed E-state index contributed by atoms with van der Waals surface area (Å²) in [6.45, 7) is 3.78. The minimum atomic E-state index is -3.78. The van der Waals surface area contributed by atoms with Crippen molar-refractivity contribution in [2.45, 2.75) is 25.2 Å². The van der Waals surface area contributed by atoms with Crippen LogP contribution in [0.3, 0.4) is 0 Å². The first-order chi connectivity index (χ1) is 11.8. The Kier molecular flexibility index (Phi) is 8.20. The molecule has 1 N–H and O–H groups in total. The number of nitro benzene ring substituents is 1. The maximum Gasteiger partial charge on any atom is 0.296 e. The van der Waals surface area contributed by atoms with Crippen LogP contribution >= 0.6 is 0 Å². The van der Waals surface area contributed by atoms with Gasteiger partial charge in [-0.05, 0) is 38.0 Å². The molecule has 0 heterocycles. The SMILES string of the molecule is CCO.Cc1ccc(S(=O)(=O)OCCc2ccc([N+](=O)[O-])cc2)cc1. The fourth-order valence-electron chi connectivity index (χ4n) is 1.83. The van der Waals surface area contributed by atoms with E-state index in [2.05, 4.69) is 0 Å². The van der Waals surface area contributed by atoms with Crippen molar-refractivity contribution in [2.24, 2.45) is 0 Å². The van der Waals surface area contributed by atoms with E-state index in [4.69, 9.17) is 9.29 Å². The summed E-state index contributed by atoms with van der Waals surface area (Å²) < 4.78 is 28.9. The van der Waals surface area contributed by atoms with Crippen molar-refractivity contribution in [2.75, 3.05) is 13.2 Å². The van der Waals surface area contributed by atoms with E-state index in [0.29, 0.717) is 6.42 Å². The fraction of sp³-hybridized carbons (Fsp3) is 0.294. The predicted octanol–water partition coefficient (Wildman–Crippen LogP) is 2.85. The van der Waals surface area contributed by atoms with Gasteiger partial charge >= 0.3 is 0 Å². The molecule has 0 saturated heterocycles. The highest BCUT2D eigenvalue weighted by Crippen LogP contribution is 2.15. The number of nitro groups is 1. The highest BCUT2D eigenvalue weighted by molar-refractivity contribution is 7.86. The van der Waals surface area contributed by atoms with Gasteiger partial charge in [-0.15, -0.1) is 0 Å². The molecule has 0 bridgehead atoms. The van der Waals surface area contributed by atoms with Crippen LogP contribution in [0.5, 0.6) is 0 Å². The van der Waals surface area contributed by atoms with Gasteiger partial charge in [0.05, 0.1) is 16.4 Å². The number of nitrogens with zero attached hydrogens (tertiary/aromatic N) is 1. The van der Waals surface area contributed by atoms with Crippen molar-refractivity contribution in [3.63, 3.8) is 0 Å². The van der Waals surface area contributed by atoms with E-state index in [1.165, 1.54) is 24.3 Å². The van der Waals surface area contributed by atoms with E-state index >= 15 is 0 Å². The highest BCUT2D eigenvalue weighted by Gasteiger charge is 2.14. The van der Waals surface area contributed by atoms with Gasteiger partial charge in [-0.1, -0.05) is 29.8 Å². The summed E-state index contributed by atoms with van der Waals surface area (Å²) in [5, 5.41) is 18.1. The Morgan fingerprint density at radius 1 is 1.08 bits per heavy atom. The molecule has 8 heteroatoms. The third kappa shape index (κ3) is 7.00. The van der Waals surface area contributed by atoms with E-state index < -0.39 is 15.0 Å². The lowest BCUT2D eigenvalue weighted by Crippen LogP contribution is -2.09. The largest absolute Gasteiger partial charge is 0.397 e. The smallest absolute Gasteiger partial charge is 0.296 e. The summed E-state index contributed by atoms with van der Waals surface area (Å²) >= 11 is 0. The molecule has 7 nitrogen and oxygen atoms in total. The topological polar surface area (TPSA) is 107 Å². The standard InChI is InChI=1S/C15H15NO5S.C2H6O/c1-12-2-8-15(9-3-12)22(19,20)21-11-10-13-4-6-14(7-5-13)16(17)18;1-2-3/h2-9H,10-11H2,1H3;3H,2H2,1H3. The molecule has 0 aliphatic rings. The molecule has 0 aliphatic carbocycles. The minimum Gasteiger partial charge on any atom is -0.397 e. The molecule has 0 aromatic heterocycles. The molecular weight excluding hydrogens is 346 g/mol. The van der Waals surface area contributed by atoms with Gasteiger partial charge in [-0.25, -0.2) is 0 Å². The van der Waals surface area contributed by atoms with E-state index in [9.17, 15) is 18.5 Å². The number of benzene rings is 2. The van der Waals surface area contributed by atoms with Crippen LogP contribution in [0.4, 0.5) is 5.69 Å². The normalized spacial score (nSPS) is 10.7. The molecule has 2 aromatic carbocycles. The third-order valence-electron chi connectivity index (χ3n) is 3.09. The van der Waals surface area contributed by atoms with Crippen LogP contribution in [-0.4, -0.2) is 31.7 Å². The van der Waals surface area contributed by atoms with E-state index in [1.807, 2.05) is 6.92 Å². The van der Waals surface area contributed by atoms with Gasteiger partial charge in [-0.3, -0.25) is 14.3 Å². The zero-order valence-corrected chi connectivity index (χ0v) is 14.9. The van der Waals surface area contributed by atoms with Gasteiger partial charge in [0, 0.05) is 18.7 Å². The average molecular weight is 367 g/mol.